The average Bonchev–Trinajstić information content (AvgIpc) is 2.72. The van der Waals surface area contributed by atoms with E-state index in [0.717, 1.165) is 12.8 Å². The average molecular weight is 285 g/mol. The number of morpholine rings is 1. The quantitative estimate of drug-likeness (QED) is 0.615. The Kier molecular flexibility index (Phi) is 4.43. The number of carboxylic acid groups (broad SMARTS) is 1. The van der Waals surface area contributed by atoms with E-state index < -0.39 is 23.9 Å². The Morgan fingerprint density at radius 1 is 1.30 bits per heavy atom. The number of likely N-dealkylation sites (tertiary alicyclic amines) is 1. The summed E-state index contributed by atoms with van der Waals surface area (Å²) in [5.41, 5.74) is 4.99. The van der Waals surface area contributed by atoms with Gasteiger partial charge >= 0.3 is 12.0 Å². The number of primary amides is 1. The highest BCUT2D eigenvalue weighted by Crippen LogP contribution is 2.26. The summed E-state index contributed by atoms with van der Waals surface area (Å²) in [5.74, 6) is -1.76. The van der Waals surface area contributed by atoms with Crippen molar-refractivity contribution in [2.24, 2.45) is 5.73 Å². The van der Waals surface area contributed by atoms with Crippen molar-refractivity contribution in [1.29, 1.82) is 0 Å². The van der Waals surface area contributed by atoms with Gasteiger partial charge in [-0.2, -0.15) is 0 Å². The molecule has 0 spiro atoms. The monoisotopic (exact) mass is 285 g/mol. The fraction of sp³-hybridized carbons (Fsp3) is 0.750. The zero-order valence-corrected chi connectivity index (χ0v) is 11.1. The molecule has 2 bridgehead atoms. The Bertz CT molecular complexity index is 402. The molecule has 3 unspecified atom stereocenters. The fourth-order valence-corrected chi connectivity index (χ4v) is 2.56. The summed E-state index contributed by atoms with van der Waals surface area (Å²) in [7, 11) is 0. The summed E-state index contributed by atoms with van der Waals surface area (Å²) in [6, 6.07) is -1.53. The zero-order valence-electron chi connectivity index (χ0n) is 11.1. The van der Waals surface area contributed by atoms with Gasteiger partial charge in [0.15, 0.2) is 0 Å². The number of nitrogens with two attached hydrogens (primary N) is 1. The second-order valence-corrected chi connectivity index (χ2v) is 5.21. The molecule has 0 saturated carbocycles. The lowest BCUT2D eigenvalue weighted by Gasteiger charge is -2.32. The molecular formula is C12H19N3O5. The third-order valence-electron chi connectivity index (χ3n) is 3.61. The molecule has 0 aliphatic carbocycles. The van der Waals surface area contributed by atoms with Crippen LogP contribution in [0.4, 0.5) is 4.79 Å². The van der Waals surface area contributed by atoms with Crippen LogP contribution in [0.15, 0.2) is 0 Å². The van der Waals surface area contributed by atoms with Gasteiger partial charge in [-0.1, -0.05) is 0 Å². The summed E-state index contributed by atoms with van der Waals surface area (Å²) in [6.45, 7) is 0.953. The van der Waals surface area contributed by atoms with E-state index in [1.807, 2.05) is 0 Å². The predicted molar refractivity (Wildman–Crippen MR) is 67.9 cm³/mol. The number of nitrogens with zero attached hydrogens (tertiary/aromatic N) is 1. The van der Waals surface area contributed by atoms with Crippen LogP contribution in [0.2, 0.25) is 0 Å². The number of fused-ring (bicyclic) bond motifs is 2. The van der Waals surface area contributed by atoms with Crippen LogP contribution in [-0.4, -0.2) is 59.3 Å². The number of urea groups is 1. The fourth-order valence-electron chi connectivity index (χ4n) is 2.56. The van der Waals surface area contributed by atoms with E-state index in [-0.39, 0.29) is 25.0 Å². The molecule has 4 N–H and O–H groups in total. The number of aliphatic carboxylic acids is 1. The second-order valence-electron chi connectivity index (χ2n) is 5.21. The van der Waals surface area contributed by atoms with Gasteiger partial charge < -0.3 is 25.8 Å². The number of amides is 3. The standard InChI is InChI=1S/C12H19N3O5/c13-10(16)4-3-9(11(17)18)14-12(19)15-5-7-1-2-8(6-15)20-7/h7-9H,1-6H2,(H2,13,16)(H,14,19)(H,17,18). The van der Waals surface area contributed by atoms with Gasteiger partial charge in [0.1, 0.15) is 6.04 Å². The molecule has 112 valence electrons. The molecule has 2 aliphatic rings. The van der Waals surface area contributed by atoms with Crippen molar-refractivity contribution in [3.05, 3.63) is 0 Å². The molecule has 2 rings (SSSR count). The molecule has 2 heterocycles. The minimum Gasteiger partial charge on any atom is -0.480 e. The Balaban J connectivity index is 1.87. The van der Waals surface area contributed by atoms with Gasteiger partial charge in [0.05, 0.1) is 12.2 Å². The number of rotatable bonds is 5. The maximum Gasteiger partial charge on any atom is 0.326 e. The third kappa shape index (κ3) is 3.60. The molecule has 8 heteroatoms. The Labute approximate surface area is 116 Å². The van der Waals surface area contributed by atoms with Crippen molar-refractivity contribution in [1.82, 2.24) is 10.2 Å². The molecule has 2 fully saturated rings. The SMILES string of the molecule is NC(=O)CCC(NC(=O)N1CC2CCC(C1)O2)C(=O)O. The van der Waals surface area contributed by atoms with Gasteiger partial charge in [-0.15, -0.1) is 0 Å². The van der Waals surface area contributed by atoms with Gasteiger partial charge in [-0.05, 0) is 19.3 Å². The van der Waals surface area contributed by atoms with Gasteiger partial charge in [-0.3, -0.25) is 4.79 Å². The van der Waals surface area contributed by atoms with Gasteiger partial charge in [-0.25, -0.2) is 9.59 Å². The van der Waals surface area contributed by atoms with Crippen LogP contribution in [0, 0.1) is 0 Å². The van der Waals surface area contributed by atoms with Crippen LogP contribution >= 0.6 is 0 Å². The highest BCUT2D eigenvalue weighted by molar-refractivity contribution is 5.83. The summed E-state index contributed by atoms with van der Waals surface area (Å²) in [4.78, 5) is 35.4. The first-order valence-electron chi connectivity index (χ1n) is 6.67. The Morgan fingerprint density at radius 2 is 1.90 bits per heavy atom. The molecule has 2 saturated heterocycles. The predicted octanol–water partition coefficient (Wildman–Crippen LogP) is -0.722. The molecular weight excluding hydrogens is 266 g/mol. The van der Waals surface area contributed by atoms with Crippen LogP contribution in [0.25, 0.3) is 0 Å². The van der Waals surface area contributed by atoms with E-state index in [2.05, 4.69) is 5.32 Å². The van der Waals surface area contributed by atoms with Crippen molar-refractivity contribution in [2.75, 3.05) is 13.1 Å². The van der Waals surface area contributed by atoms with E-state index >= 15 is 0 Å². The first-order chi connectivity index (χ1) is 9.45. The number of ether oxygens (including phenoxy) is 1. The first-order valence-corrected chi connectivity index (χ1v) is 6.67. The molecule has 0 aromatic heterocycles. The van der Waals surface area contributed by atoms with Crippen LogP contribution in [-0.2, 0) is 14.3 Å². The van der Waals surface area contributed by atoms with E-state index in [1.165, 1.54) is 0 Å². The normalized spacial score (nSPS) is 26.1. The van der Waals surface area contributed by atoms with Gasteiger partial charge in [0.2, 0.25) is 5.91 Å². The van der Waals surface area contributed by atoms with Crippen molar-refractivity contribution in [2.45, 2.75) is 43.9 Å². The van der Waals surface area contributed by atoms with Crippen LogP contribution in [0.5, 0.6) is 0 Å². The van der Waals surface area contributed by atoms with Gasteiger partial charge in [0.25, 0.3) is 0 Å². The van der Waals surface area contributed by atoms with Crippen molar-refractivity contribution >= 4 is 17.9 Å². The second kappa shape index (κ2) is 6.08. The summed E-state index contributed by atoms with van der Waals surface area (Å²) in [6.07, 6.45) is 1.87. The minimum absolute atomic E-state index is 0.00635. The molecule has 0 radical (unpaired) electrons. The first kappa shape index (κ1) is 14.6. The topological polar surface area (TPSA) is 122 Å². The highest BCUT2D eigenvalue weighted by Gasteiger charge is 2.36. The van der Waals surface area contributed by atoms with Crippen molar-refractivity contribution < 1.29 is 24.2 Å². The van der Waals surface area contributed by atoms with Crippen molar-refractivity contribution in [3.8, 4) is 0 Å². The lowest BCUT2D eigenvalue weighted by Crippen LogP contribution is -2.53. The molecule has 20 heavy (non-hydrogen) atoms. The number of hydrogen-bond acceptors (Lipinski definition) is 4. The lowest BCUT2D eigenvalue weighted by molar-refractivity contribution is -0.139. The molecule has 3 atom stereocenters. The molecule has 0 aromatic carbocycles. The number of carboxylic acids is 1. The number of carbonyl (C=O) groups excluding carboxylic acids is 2. The van der Waals surface area contributed by atoms with E-state index in [0.29, 0.717) is 13.1 Å². The molecule has 3 amide bonds. The summed E-state index contributed by atoms with van der Waals surface area (Å²) < 4.78 is 5.61. The van der Waals surface area contributed by atoms with Crippen molar-refractivity contribution in [3.63, 3.8) is 0 Å². The Morgan fingerprint density at radius 3 is 2.40 bits per heavy atom. The van der Waals surface area contributed by atoms with E-state index in [1.54, 1.807) is 4.90 Å². The molecule has 0 aromatic rings. The van der Waals surface area contributed by atoms with E-state index in [4.69, 9.17) is 15.6 Å². The van der Waals surface area contributed by atoms with Crippen LogP contribution in [0.3, 0.4) is 0 Å². The molecule has 8 nitrogen and oxygen atoms in total. The van der Waals surface area contributed by atoms with Gasteiger partial charge in [0, 0.05) is 19.5 Å². The van der Waals surface area contributed by atoms with Crippen LogP contribution < -0.4 is 11.1 Å². The molecule has 2 aliphatic heterocycles. The highest BCUT2D eigenvalue weighted by atomic mass is 16.5. The number of hydrogen-bond donors (Lipinski definition) is 3. The maximum atomic E-state index is 12.1. The number of nitrogens with one attached hydrogen (secondary N) is 1. The summed E-state index contributed by atoms with van der Waals surface area (Å²) in [5, 5.41) is 11.5. The number of carbonyl (C=O) groups is 3. The zero-order chi connectivity index (χ0) is 14.7. The van der Waals surface area contributed by atoms with Crippen LogP contribution in [0.1, 0.15) is 25.7 Å². The third-order valence-corrected chi connectivity index (χ3v) is 3.61. The maximum absolute atomic E-state index is 12.1. The minimum atomic E-state index is -1.17. The largest absolute Gasteiger partial charge is 0.480 e. The lowest BCUT2D eigenvalue weighted by atomic mass is 10.1. The van der Waals surface area contributed by atoms with E-state index in [9.17, 15) is 14.4 Å². The smallest absolute Gasteiger partial charge is 0.326 e. The summed E-state index contributed by atoms with van der Waals surface area (Å²) >= 11 is 0. The Hall–Kier alpha value is -1.83.